The minimum absolute atomic E-state index is 0.196. The number of carbonyl (C=O) groups is 1. The van der Waals surface area contributed by atoms with Crippen molar-refractivity contribution in [2.75, 3.05) is 5.75 Å². The Morgan fingerprint density at radius 3 is 3.05 bits per heavy atom. The zero-order valence-corrected chi connectivity index (χ0v) is 12.9. The molecule has 0 unspecified atom stereocenters. The van der Waals surface area contributed by atoms with Gasteiger partial charge < -0.3 is 0 Å². The lowest BCUT2D eigenvalue weighted by molar-refractivity contribution is -0.118. The van der Waals surface area contributed by atoms with E-state index in [1.54, 1.807) is 13.3 Å². The van der Waals surface area contributed by atoms with Crippen LogP contribution in [0.4, 0.5) is 0 Å². The predicted molar refractivity (Wildman–Crippen MR) is 79.4 cm³/mol. The van der Waals surface area contributed by atoms with E-state index >= 15 is 0 Å². The molecule has 1 amide bonds. The second kappa shape index (κ2) is 7.15. The standard InChI is InChI=1S/C11H11BrN6OS/c1-18-11(15-16-17-18)20-7-10(19)14-13-6-8-4-2-3-5-9(8)12/h2-6H,7H2,1H3,(H,14,19)/b13-6+. The Hall–Kier alpha value is -1.74. The number of tetrazole rings is 1. The number of benzene rings is 1. The first-order chi connectivity index (χ1) is 9.66. The van der Waals surface area contributed by atoms with E-state index < -0.39 is 0 Å². The first-order valence-corrected chi connectivity index (χ1v) is 7.36. The molecule has 2 rings (SSSR count). The lowest BCUT2D eigenvalue weighted by Crippen LogP contribution is -2.20. The monoisotopic (exact) mass is 354 g/mol. The minimum Gasteiger partial charge on any atom is -0.272 e. The average molecular weight is 355 g/mol. The van der Waals surface area contributed by atoms with Crippen LogP contribution < -0.4 is 5.43 Å². The second-order valence-electron chi connectivity index (χ2n) is 3.69. The summed E-state index contributed by atoms with van der Waals surface area (Å²) >= 11 is 4.64. The predicted octanol–water partition coefficient (Wildman–Crippen LogP) is 1.21. The first kappa shape index (κ1) is 14.7. The largest absolute Gasteiger partial charge is 0.272 e. The van der Waals surface area contributed by atoms with Crippen LogP contribution in [0.2, 0.25) is 0 Å². The SMILES string of the molecule is Cn1nnnc1SCC(=O)N/N=C/c1ccccc1Br. The van der Waals surface area contributed by atoms with Crippen LogP contribution in [0.3, 0.4) is 0 Å². The maximum atomic E-state index is 11.6. The Labute approximate surface area is 127 Å². The highest BCUT2D eigenvalue weighted by Gasteiger charge is 2.06. The summed E-state index contributed by atoms with van der Waals surface area (Å²) in [6, 6.07) is 7.59. The lowest BCUT2D eigenvalue weighted by Gasteiger charge is -1.99. The van der Waals surface area contributed by atoms with Gasteiger partial charge in [0.2, 0.25) is 5.16 Å². The fourth-order valence-electron chi connectivity index (χ4n) is 1.26. The molecular formula is C11H11BrN6OS. The van der Waals surface area contributed by atoms with Crippen LogP contribution in [0, 0.1) is 0 Å². The number of nitrogens with zero attached hydrogens (tertiary/aromatic N) is 5. The first-order valence-electron chi connectivity index (χ1n) is 5.58. The van der Waals surface area contributed by atoms with Crippen LogP contribution in [-0.2, 0) is 11.8 Å². The normalized spacial score (nSPS) is 10.9. The van der Waals surface area contributed by atoms with Gasteiger partial charge in [-0.25, -0.2) is 10.1 Å². The number of halogens is 1. The fraction of sp³-hybridized carbons (Fsp3) is 0.182. The summed E-state index contributed by atoms with van der Waals surface area (Å²) in [6.45, 7) is 0. The van der Waals surface area contributed by atoms with Crippen LogP contribution in [0.5, 0.6) is 0 Å². The summed E-state index contributed by atoms with van der Waals surface area (Å²) in [4.78, 5) is 11.6. The number of hydrogen-bond donors (Lipinski definition) is 1. The average Bonchev–Trinajstić information content (AvgIpc) is 2.84. The lowest BCUT2D eigenvalue weighted by atomic mass is 10.2. The van der Waals surface area contributed by atoms with Crippen molar-refractivity contribution in [1.29, 1.82) is 0 Å². The van der Waals surface area contributed by atoms with Crippen LogP contribution in [0.15, 0.2) is 39.0 Å². The quantitative estimate of drug-likeness (QED) is 0.495. The molecule has 20 heavy (non-hydrogen) atoms. The Balaban J connectivity index is 1.81. The number of aromatic nitrogens is 4. The van der Waals surface area contributed by atoms with E-state index in [1.165, 1.54) is 16.4 Å². The van der Waals surface area contributed by atoms with Crippen molar-refractivity contribution in [3.63, 3.8) is 0 Å². The highest BCUT2D eigenvalue weighted by Crippen LogP contribution is 2.13. The number of carbonyl (C=O) groups excluding carboxylic acids is 1. The molecule has 0 radical (unpaired) electrons. The van der Waals surface area contributed by atoms with E-state index in [2.05, 4.69) is 42.0 Å². The van der Waals surface area contributed by atoms with E-state index in [0.717, 1.165) is 10.0 Å². The second-order valence-corrected chi connectivity index (χ2v) is 5.49. The molecule has 0 aliphatic rings. The third kappa shape index (κ3) is 4.14. The van der Waals surface area contributed by atoms with E-state index in [4.69, 9.17) is 0 Å². The topological polar surface area (TPSA) is 85.1 Å². The number of aryl methyl sites for hydroxylation is 1. The number of amides is 1. The van der Waals surface area contributed by atoms with Gasteiger partial charge in [-0.2, -0.15) is 5.10 Å². The molecular weight excluding hydrogens is 344 g/mol. The van der Waals surface area contributed by atoms with Crippen molar-refractivity contribution in [1.82, 2.24) is 25.6 Å². The third-order valence-corrected chi connectivity index (χ3v) is 3.94. The van der Waals surface area contributed by atoms with Crippen LogP contribution in [-0.4, -0.2) is 38.1 Å². The van der Waals surface area contributed by atoms with Gasteiger partial charge in [-0.3, -0.25) is 4.79 Å². The molecule has 9 heteroatoms. The maximum Gasteiger partial charge on any atom is 0.250 e. The Kier molecular flexibility index (Phi) is 5.24. The van der Waals surface area contributed by atoms with Gasteiger partial charge in [0.25, 0.3) is 5.91 Å². The van der Waals surface area contributed by atoms with Crippen LogP contribution in [0.1, 0.15) is 5.56 Å². The van der Waals surface area contributed by atoms with Gasteiger partial charge in [0.15, 0.2) is 0 Å². The number of hydrogen-bond acceptors (Lipinski definition) is 6. The molecule has 0 bridgehead atoms. The molecule has 0 aliphatic heterocycles. The summed E-state index contributed by atoms with van der Waals surface area (Å²) in [7, 11) is 1.71. The molecule has 0 aliphatic carbocycles. The zero-order chi connectivity index (χ0) is 14.4. The molecule has 1 aromatic heterocycles. The van der Waals surface area contributed by atoms with Crippen molar-refractivity contribution in [3.05, 3.63) is 34.3 Å². The molecule has 0 fully saturated rings. The van der Waals surface area contributed by atoms with Gasteiger partial charge in [0.05, 0.1) is 12.0 Å². The van der Waals surface area contributed by atoms with Gasteiger partial charge in [0.1, 0.15) is 0 Å². The third-order valence-electron chi connectivity index (χ3n) is 2.21. The molecule has 0 saturated carbocycles. The molecule has 2 aromatic rings. The van der Waals surface area contributed by atoms with Crippen molar-refractivity contribution in [2.24, 2.45) is 12.1 Å². The molecule has 1 aromatic carbocycles. The number of rotatable bonds is 5. The fourth-order valence-corrected chi connectivity index (χ4v) is 2.29. The maximum absolute atomic E-state index is 11.6. The minimum atomic E-state index is -0.221. The Morgan fingerprint density at radius 2 is 2.35 bits per heavy atom. The van der Waals surface area contributed by atoms with Crippen molar-refractivity contribution < 1.29 is 4.79 Å². The molecule has 0 saturated heterocycles. The molecule has 0 atom stereocenters. The number of nitrogens with one attached hydrogen (secondary N) is 1. The van der Waals surface area contributed by atoms with Crippen LogP contribution >= 0.6 is 27.7 Å². The molecule has 1 heterocycles. The van der Waals surface area contributed by atoms with Crippen molar-refractivity contribution in [2.45, 2.75) is 5.16 Å². The van der Waals surface area contributed by atoms with Gasteiger partial charge in [-0.1, -0.05) is 45.9 Å². The van der Waals surface area contributed by atoms with Crippen LogP contribution in [0.25, 0.3) is 0 Å². The molecule has 104 valence electrons. The van der Waals surface area contributed by atoms with Gasteiger partial charge >= 0.3 is 0 Å². The summed E-state index contributed by atoms with van der Waals surface area (Å²) in [5, 5.41) is 15.4. The summed E-state index contributed by atoms with van der Waals surface area (Å²) in [5.41, 5.74) is 3.34. The summed E-state index contributed by atoms with van der Waals surface area (Å²) in [6.07, 6.45) is 1.58. The van der Waals surface area contributed by atoms with E-state index in [9.17, 15) is 4.79 Å². The smallest absolute Gasteiger partial charge is 0.250 e. The van der Waals surface area contributed by atoms with E-state index in [-0.39, 0.29) is 11.7 Å². The Morgan fingerprint density at radius 1 is 1.55 bits per heavy atom. The summed E-state index contributed by atoms with van der Waals surface area (Å²) in [5.74, 6) is -0.0251. The van der Waals surface area contributed by atoms with E-state index in [0.29, 0.717) is 5.16 Å². The summed E-state index contributed by atoms with van der Waals surface area (Å²) < 4.78 is 2.42. The van der Waals surface area contributed by atoms with E-state index in [1.807, 2.05) is 24.3 Å². The van der Waals surface area contributed by atoms with Gasteiger partial charge in [0, 0.05) is 17.1 Å². The zero-order valence-electron chi connectivity index (χ0n) is 10.5. The highest BCUT2D eigenvalue weighted by atomic mass is 79.9. The number of hydrazone groups is 1. The van der Waals surface area contributed by atoms with Crippen molar-refractivity contribution in [3.8, 4) is 0 Å². The Bertz CT molecular complexity index is 629. The van der Waals surface area contributed by atoms with Crippen molar-refractivity contribution >= 4 is 39.8 Å². The van der Waals surface area contributed by atoms with Gasteiger partial charge in [-0.15, -0.1) is 5.10 Å². The highest BCUT2D eigenvalue weighted by molar-refractivity contribution is 9.10. The molecule has 7 nitrogen and oxygen atoms in total. The van der Waals surface area contributed by atoms with Gasteiger partial charge in [-0.05, 0) is 16.5 Å². The molecule has 0 spiro atoms. The molecule has 1 N–H and O–H groups in total. The number of thioether (sulfide) groups is 1.